The number of unbranched alkanes of at least 4 members (excludes halogenated alkanes) is 14. The van der Waals surface area contributed by atoms with Gasteiger partial charge < -0.3 is 5.11 Å². The first kappa shape index (κ1) is 23.9. The van der Waals surface area contributed by atoms with Crippen LogP contribution in [0, 0.1) is 0 Å². The molecule has 0 aliphatic carbocycles. The Kier molecular flexibility index (Phi) is 14.0. The first-order valence-corrected chi connectivity index (χ1v) is 11.4. The fourth-order valence-electron chi connectivity index (χ4n) is 2.95. The van der Waals surface area contributed by atoms with E-state index in [0.717, 1.165) is 19.8 Å². The van der Waals surface area contributed by atoms with E-state index in [0.29, 0.717) is 6.42 Å². The van der Waals surface area contributed by atoms with Crippen LogP contribution in [0.15, 0.2) is 0 Å². The summed E-state index contributed by atoms with van der Waals surface area (Å²) in [5, 5.41) is 9.62. The molecule has 0 aliphatic rings. The van der Waals surface area contributed by atoms with Crippen molar-refractivity contribution in [2.24, 2.45) is 0 Å². The lowest BCUT2D eigenvalue weighted by Gasteiger charge is -2.19. The lowest BCUT2D eigenvalue weighted by molar-refractivity contribution is 0.119. The van der Waals surface area contributed by atoms with Crippen LogP contribution in [0.2, 0.25) is 0 Å². The van der Waals surface area contributed by atoms with Crippen LogP contribution in [0.1, 0.15) is 117 Å². The Morgan fingerprint density at radius 2 is 0.958 bits per heavy atom. The molecule has 0 heterocycles. The van der Waals surface area contributed by atoms with E-state index in [1.54, 1.807) is 0 Å². The van der Waals surface area contributed by atoms with Gasteiger partial charge in [0.25, 0.3) is 10.1 Å². The Balaban J connectivity index is 3.26. The summed E-state index contributed by atoms with van der Waals surface area (Å²) < 4.78 is 30.8. The van der Waals surface area contributed by atoms with Gasteiger partial charge in [-0.1, -0.05) is 96.8 Å². The van der Waals surface area contributed by atoms with Gasteiger partial charge in [0.15, 0.2) is 4.93 Å². The molecule has 0 radical (unpaired) electrons. The summed E-state index contributed by atoms with van der Waals surface area (Å²) in [6.45, 7) is 3.41. The lowest BCUT2D eigenvalue weighted by Crippen LogP contribution is -2.34. The molecule has 1 unspecified atom stereocenters. The second-order valence-corrected chi connectivity index (χ2v) is 9.18. The fourth-order valence-corrected chi connectivity index (χ4v) is 3.36. The van der Waals surface area contributed by atoms with Crippen molar-refractivity contribution in [3.8, 4) is 0 Å². The molecule has 0 saturated carbocycles. The van der Waals surface area contributed by atoms with Crippen LogP contribution >= 0.6 is 0 Å². The molecule has 0 spiro atoms. The third-order valence-electron chi connectivity index (χ3n) is 4.80. The monoisotopic (exact) mass is 364 g/mol. The van der Waals surface area contributed by atoms with E-state index >= 15 is 0 Å². The van der Waals surface area contributed by atoms with Crippen molar-refractivity contribution in [3.63, 3.8) is 0 Å². The minimum absolute atomic E-state index is 0.101. The molecule has 1 atom stereocenters. The first-order chi connectivity index (χ1) is 11.3. The minimum atomic E-state index is -4.37. The first-order valence-electron chi connectivity index (χ1n) is 10.0. The molecule has 0 aromatic carbocycles. The maximum absolute atomic E-state index is 10.9. The largest absolute Gasteiger partial charge is 0.373 e. The average molecular weight is 365 g/mol. The SMILES string of the molecule is CCCCCCCCCCCCCCCCCC(C)(O)S(=O)(=O)O. The summed E-state index contributed by atoms with van der Waals surface area (Å²) >= 11 is 0. The van der Waals surface area contributed by atoms with E-state index in [4.69, 9.17) is 4.55 Å². The molecular formula is C19H40O4S. The Hall–Kier alpha value is -0.130. The Labute approximate surface area is 150 Å². The van der Waals surface area contributed by atoms with Gasteiger partial charge >= 0.3 is 0 Å². The predicted molar refractivity (Wildman–Crippen MR) is 102 cm³/mol. The van der Waals surface area contributed by atoms with E-state index in [1.807, 2.05) is 0 Å². The molecule has 0 aromatic heterocycles. The summed E-state index contributed by atoms with van der Waals surface area (Å²) in [6.07, 6.45) is 18.7. The standard InChI is InChI=1S/C19H40O4S/c1-3-4-5-6-7-8-9-10-11-12-13-14-15-16-17-18-19(2,20)24(21,22)23/h20H,3-18H2,1-2H3,(H,21,22,23). The van der Waals surface area contributed by atoms with Crippen LogP contribution in [0.4, 0.5) is 0 Å². The molecule has 2 N–H and O–H groups in total. The van der Waals surface area contributed by atoms with E-state index in [1.165, 1.54) is 77.0 Å². The van der Waals surface area contributed by atoms with E-state index < -0.39 is 15.1 Å². The van der Waals surface area contributed by atoms with Crippen LogP contribution in [0.3, 0.4) is 0 Å². The third-order valence-corrected chi connectivity index (χ3v) is 6.12. The quantitative estimate of drug-likeness (QED) is 0.251. The second kappa shape index (κ2) is 14.1. The van der Waals surface area contributed by atoms with Crippen LogP contribution in [-0.4, -0.2) is 23.0 Å². The third kappa shape index (κ3) is 13.2. The van der Waals surface area contributed by atoms with Crippen LogP contribution in [0.5, 0.6) is 0 Å². The molecular weight excluding hydrogens is 324 g/mol. The highest BCUT2D eigenvalue weighted by Gasteiger charge is 2.34. The zero-order chi connectivity index (χ0) is 18.3. The van der Waals surface area contributed by atoms with Crippen molar-refractivity contribution < 1.29 is 18.1 Å². The maximum atomic E-state index is 10.9. The van der Waals surface area contributed by atoms with Gasteiger partial charge in [0.1, 0.15) is 0 Å². The number of rotatable bonds is 17. The van der Waals surface area contributed by atoms with Gasteiger partial charge in [0.2, 0.25) is 0 Å². The highest BCUT2D eigenvalue weighted by Crippen LogP contribution is 2.21. The summed E-state index contributed by atoms with van der Waals surface area (Å²) in [5.74, 6) is 0. The number of aliphatic hydroxyl groups is 1. The molecule has 146 valence electrons. The van der Waals surface area contributed by atoms with Gasteiger partial charge in [-0.15, -0.1) is 0 Å². The van der Waals surface area contributed by atoms with Gasteiger partial charge in [-0.2, -0.15) is 8.42 Å². The van der Waals surface area contributed by atoms with E-state index in [2.05, 4.69) is 6.92 Å². The highest BCUT2D eigenvalue weighted by atomic mass is 32.2. The topological polar surface area (TPSA) is 74.6 Å². The smallest absolute Gasteiger partial charge is 0.294 e. The average Bonchev–Trinajstić information content (AvgIpc) is 2.50. The Morgan fingerprint density at radius 3 is 1.25 bits per heavy atom. The zero-order valence-corrected chi connectivity index (χ0v) is 16.7. The molecule has 0 amide bonds. The molecule has 4 nitrogen and oxygen atoms in total. The van der Waals surface area contributed by atoms with Crippen molar-refractivity contribution in [2.75, 3.05) is 0 Å². The lowest BCUT2D eigenvalue weighted by atomic mass is 10.0. The highest BCUT2D eigenvalue weighted by molar-refractivity contribution is 7.87. The van der Waals surface area contributed by atoms with Gasteiger partial charge in [0.05, 0.1) is 0 Å². The van der Waals surface area contributed by atoms with Crippen LogP contribution < -0.4 is 0 Å². The molecule has 0 bridgehead atoms. The maximum Gasteiger partial charge on any atom is 0.294 e. The van der Waals surface area contributed by atoms with Gasteiger partial charge in [-0.3, -0.25) is 4.55 Å². The van der Waals surface area contributed by atoms with Crippen LogP contribution in [0.25, 0.3) is 0 Å². The zero-order valence-electron chi connectivity index (χ0n) is 15.9. The Bertz CT molecular complexity index is 377. The van der Waals surface area contributed by atoms with Crippen molar-refractivity contribution in [1.82, 2.24) is 0 Å². The second-order valence-electron chi connectivity index (χ2n) is 7.35. The van der Waals surface area contributed by atoms with E-state index in [-0.39, 0.29) is 6.42 Å². The molecule has 0 saturated heterocycles. The number of hydrogen-bond acceptors (Lipinski definition) is 3. The molecule has 0 aromatic rings. The molecule has 0 fully saturated rings. The van der Waals surface area contributed by atoms with Crippen molar-refractivity contribution >= 4 is 10.1 Å². The van der Waals surface area contributed by atoms with Crippen molar-refractivity contribution in [1.29, 1.82) is 0 Å². The minimum Gasteiger partial charge on any atom is -0.373 e. The summed E-state index contributed by atoms with van der Waals surface area (Å²) in [6, 6.07) is 0. The van der Waals surface area contributed by atoms with Crippen LogP contribution in [-0.2, 0) is 10.1 Å². The van der Waals surface area contributed by atoms with Gasteiger partial charge in [0, 0.05) is 0 Å². The summed E-state index contributed by atoms with van der Waals surface area (Å²) in [5.41, 5.74) is 0. The molecule has 24 heavy (non-hydrogen) atoms. The fraction of sp³-hybridized carbons (Fsp3) is 1.00. The summed E-state index contributed by atoms with van der Waals surface area (Å²) in [4.78, 5) is -2.00. The molecule has 0 rings (SSSR count). The predicted octanol–water partition coefficient (Wildman–Crippen LogP) is 5.84. The summed E-state index contributed by atoms with van der Waals surface area (Å²) in [7, 11) is -4.37. The van der Waals surface area contributed by atoms with E-state index in [9.17, 15) is 13.5 Å². The van der Waals surface area contributed by atoms with Crippen molar-refractivity contribution in [2.45, 2.75) is 122 Å². The normalized spacial score (nSPS) is 14.7. The van der Waals surface area contributed by atoms with Gasteiger partial charge in [-0.25, -0.2) is 0 Å². The molecule has 5 heteroatoms. The molecule has 0 aliphatic heterocycles. The Morgan fingerprint density at radius 1 is 0.667 bits per heavy atom. The van der Waals surface area contributed by atoms with Gasteiger partial charge in [-0.05, 0) is 19.8 Å². The number of hydrogen-bond donors (Lipinski definition) is 2. The van der Waals surface area contributed by atoms with Crippen molar-refractivity contribution in [3.05, 3.63) is 0 Å².